The summed E-state index contributed by atoms with van der Waals surface area (Å²) >= 11 is 11.8. The van der Waals surface area contributed by atoms with Crippen LogP contribution in [-0.2, 0) is 0 Å². The molecule has 3 N–H and O–H groups in total. The molecule has 1 fully saturated rings. The fourth-order valence-electron chi connectivity index (χ4n) is 1.50. The number of nitrogens with one attached hydrogen (secondary N) is 3. The summed E-state index contributed by atoms with van der Waals surface area (Å²) in [6, 6.07) is 5.31. The van der Waals surface area contributed by atoms with Gasteiger partial charge in [0.2, 0.25) is 0 Å². The first-order valence-corrected chi connectivity index (χ1v) is 6.64. The van der Waals surface area contributed by atoms with E-state index in [1.807, 2.05) is 0 Å². The van der Waals surface area contributed by atoms with Gasteiger partial charge < -0.3 is 16.0 Å². The van der Waals surface area contributed by atoms with E-state index in [1.165, 1.54) is 12.8 Å². The lowest BCUT2D eigenvalue weighted by Gasteiger charge is -2.09. The van der Waals surface area contributed by atoms with Crippen LogP contribution >= 0.6 is 23.2 Å². The summed E-state index contributed by atoms with van der Waals surface area (Å²) in [7, 11) is 0. The van der Waals surface area contributed by atoms with Crippen LogP contribution in [0.2, 0.25) is 10.0 Å². The number of halogens is 2. The average Bonchev–Trinajstić information content (AvgIpc) is 3.13. The third kappa shape index (κ3) is 4.37. The van der Waals surface area contributed by atoms with Crippen LogP contribution in [0.1, 0.15) is 12.8 Å². The fraction of sp³-hybridized carbons (Fsp3) is 0.417. The van der Waals surface area contributed by atoms with Crippen molar-refractivity contribution < 1.29 is 4.79 Å². The molecule has 0 saturated heterocycles. The molecule has 0 spiro atoms. The van der Waals surface area contributed by atoms with Gasteiger partial charge in [-0.05, 0) is 31.0 Å². The van der Waals surface area contributed by atoms with Crippen molar-refractivity contribution in [2.45, 2.75) is 18.9 Å². The molecular weight excluding hydrogens is 273 g/mol. The standard InChI is InChI=1S/C12H15Cl2N3O/c13-8-1-4-10(14)11(7-8)17-12(18)16-6-5-15-9-2-3-9/h1,4,7,9,15H,2-3,5-6H2,(H2,16,17,18). The molecule has 0 radical (unpaired) electrons. The SMILES string of the molecule is O=C(NCCNC1CC1)Nc1cc(Cl)ccc1Cl. The first kappa shape index (κ1) is 13.5. The number of rotatable bonds is 5. The number of hydrogen-bond acceptors (Lipinski definition) is 2. The Morgan fingerprint density at radius 2 is 2.06 bits per heavy atom. The van der Waals surface area contributed by atoms with Crippen molar-refractivity contribution in [2.75, 3.05) is 18.4 Å². The molecule has 0 aliphatic heterocycles. The number of hydrogen-bond donors (Lipinski definition) is 3. The lowest BCUT2D eigenvalue weighted by Crippen LogP contribution is -2.35. The third-order valence-corrected chi connectivity index (χ3v) is 3.16. The molecule has 1 aliphatic carbocycles. The Morgan fingerprint density at radius 1 is 1.28 bits per heavy atom. The zero-order valence-electron chi connectivity index (χ0n) is 9.80. The van der Waals surface area contributed by atoms with Gasteiger partial charge in [-0.3, -0.25) is 0 Å². The van der Waals surface area contributed by atoms with Gasteiger partial charge in [-0.25, -0.2) is 4.79 Å². The lowest BCUT2D eigenvalue weighted by atomic mass is 10.3. The highest BCUT2D eigenvalue weighted by Crippen LogP contribution is 2.25. The molecule has 0 bridgehead atoms. The molecule has 18 heavy (non-hydrogen) atoms. The number of urea groups is 1. The van der Waals surface area contributed by atoms with E-state index in [-0.39, 0.29) is 6.03 Å². The molecular formula is C12H15Cl2N3O. The molecule has 1 aliphatic rings. The summed E-state index contributed by atoms with van der Waals surface area (Å²) in [5.41, 5.74) is 0.511. The Hall–Kier alpha value is -0.970. The van der Waals surface area contributed by atoms with Crippen LogP contribution in [0.15, 0.2) is 18.2 Å². The summed E-state index contributed by atoms with van der Waals surface area (Å²) in [5, 5.41) is 9.71. The van der Waals surface area contributed by atoms with E-state index >= 15 is 0 Å². The Morgan fingerprint density at radius 3 is 2.78 bits per heavy atom. The first-order chi connectivity index (χ1) is 8.65. The van der Waals surface area contributed by atoms with E-state index in [9.17, 15) is 4.79 Å². The van der Waals surface area contributed by atoms with Crippen molar-refractivity contribution in [1.29, 1.82) is 0 Å². The molecule has 1 saturated carbocycles. The summed E-state index contributed by atoms with van der Waals surface area (Å²) in [4.78, 5) is 11.6. The molecule has 2 rings (SSSR count). The second-order valence-electron chi connectivity index (χ2n) is 4.23. The van der Waals surface area contributed by atoms with Crippen LogP contribution in [0, 0.1) is 0 Å². The molecule has 2 amide bonds. The van der Waals surface area contributed by atoms with E-state index in [1.54, 1.807) is 18.2 Å². The van der Waals surface area contributed by atoms with Gasteiger partial charge >= 0.3 is 6.03 Å². The molecule has 0 atom stereocenters. The van der Waals surface area contributed by atoms with E-state index in [0.29, 0.717) is 28.3 Å². The Balaban J connectivity index is 1.73. The second kappa shape index (κ2) is 6.27. The largest absolute Gasteiger partial charge is 0.337 e. The van der Waals surface area contributed by atoms with Gasteiger partial charge in [-0.1, -0.05) is 23.2 Å². The summed E-state index contributed by atoms with van der Waals surface area (Å²) in [6.07, 6.45) is 2.48. The van der Waals surface area contributed by atoms with Gasteiger partial charge in [0.1, 0.15) is 0 Å². The molecule has 0 heterocycles. The quantitative estimate of drug-likeness (QED) is 0.730. The van der Waals surface area contributed by atoms with Gasteiger partial charge in [0.15, 0.2) is 0 Å². The van der Waals surface area contributed by atoms with Crippen molar-refractivity contribution in [3.8, 4) is 0 Å². The van der Waals surface area contributed by atoms with Gasteiger partial charge in [-0.2, -0.15) is 0 Å². The highest BCUT2D eigenvalue weighted by Gasteiger charge is 2.19. The molecule has 6 heteroatoms. The van der Waals surface area contributed by atoms with Crippen LogP contribution in [0.3, 0.4) is 0 Å². The molecule has 4 nitrogen and oxygen atoms in total. The number of carbonyl (C=O) groups excluding carboxylic acids is 1. The number of benzene rings is 1. The smallest absolute Gasteiger partial charge is 0.319 e. The zero-order chi connectivity index (χ0) is 13.0. The van der Waals surface area contributed by atoms with Gasteiger partial charge in [0, 0.05) is 24.2 Å². The maximum atomic E-state index is 11.6. The van der Waals surface area contributed by atoms with E-state index in [2.05, 4.69) is 16.0 Å². The molecule has 1 aromatic carbocycles. The van der Waals surface area contributed by atoms with Crippen LogP contribution in [0.5, 0.6) is 0 Å². The minimum absolute atomic E-state index is 0.281. The summed E-state index contributed by atoms with van der Waals surface area (Å²) in [5.74, 6) is 0. The van der Waals surface area contributed by atoms with Crippen molar-refractivity contribution in [1.82, 2.24) is 10.6 Å². The van der Waals surface area contributed by atoms with Gasteiger partial charge in [0.25, 0.3) is 0 Å². The van der Waals surface area contributed by atoms with Gasteiger partial charge in [0.05, 0.1) is 10.7 Å². The number of anilines is 1. The minimum Gasteiger partial charge on any atom is -0.337 e. The van der Waals surface area contributed by atoms with E-state index in [0.717, 1.165) is 6.54 Å². The topological polar surface area (TPSA) is 53.2 Å². The van der Waals surface area contributed by atoms with Crippen molar-refractivity contribution in [3.05, 3.63) is 28.2 Å². The van der Waals surface area contributed by atoms with Crippen LogP contribution in [-0.4, -0.2) is 25.2 Å². The monoisotopic (exact) mass is 287 g/mol. The molecule has 0 aromatic heterocycles. The summed E-state index contributed by atoms with van der Waals surface area (Å²) < 4.78 is 0. The zero-order valence-corrected chi connectivity index (χ0v) is 11.3. The lowest BCUT2D eigenvalue weighted by molar-refractivity contribution is 0.252. The second-order valence-corrected chi connectivity index (χ2v) is 5.08. The minimum atomic E-state index is -0.281. The average molecular weight is 288 g/mol. The van der Waals surface area contributed by atoms with E-state index in [4.69, 9.17) is 23.2 Å². The highest BCUT2D eigenvalue weighted by molar-refractivity contribution is 6.35. The maximum absolute atomic E-state index is 11.6. The first-order valence-electron chi connectivity index (χ1n) is 5.88. The predicted molar refractivity (Wildman–Crippen MR) is 74.5 cm³/mol. The Bertz CT molecular complexity index is 435. The Labute approximate surface area is 116 Å². The van der Waals surface area contributed by atoms with Crippen LogP contribution in [0.4, 0.5) is 10.5 Å². The van der Waals surface area contributed by atoms with Crippen molar-refractivity contribution in [2.24, 2.45) is 0 Å². The summed E-state index contributed by atoms with van der Waals surface area (Å²) in [6.45, 7) is 1.36. The predicted octanol–water partition coefficient (Wildman–Crippen LogP) is 2.87. The molecule has 1 aromatic rings. The maximum Gasteiger partial charge on any atom is 0.319 e. The fourth-order valence-corrected chi connectivity index (χ4v) is 1.84. The highest BCUT2D eigenvalue weighted by atomic mass is 35.5. The van der Waals surface area contributed by atoms with Crippen LogP contribution < -0.4 is 16.0 Å². The Kier molecular flexibility index (Phi) is 4.69. The molecule has 0 unspecified atom stereocenters. The van der Waals surface area contributed by atoms with Crippen molar-refractivity contribution >= 4 is 34.9 Å². The third-order valence-electron chi connectivity index (χ3n) is 2.60. The number of amides is 2. The normalized spacial score (nSPS) is 14.3. The van der Waals surface area contributed by atoms with Gasteiger partial charge in [-0.15, -0.1) is 0 Å². The van der Waals surface area contributed by atoms with Crippen molar-refractivity contribution in [3.63, 3.8) is 0 Å². The van der Waals surface area contributed by atoms with Crippen LogP contribution in [0.25, 0.3) is 0 Å². The number of carbonyl (C=O) groups is 1. The molecule has 98 valence electrons. The van der Waals surface area contributed by atoms with E-state index < -0.39 is 0 Å².